The van der Waals surface area contributed by atoms with Crippen LogP contribution in [0.3, 0.4) is 0 Å². The molecule has 1 heterocycles. The van der Waals surface area contributed by atoms with E-state index in [2.05, 4.69) is 5.32 Å². The van der Waals surface area contributed by atoms with Gasteiger partial charge in [-0.15, -0.1) is 0 Å². The average Bonchev–Trinajstić information content (AvgIpc) is 2.92. The normalized spacial score (nSPS) is 10.7. The lowest BCUT2D eigenvalue weighted by atomic mass is 10.1. The van der Waals surface area contributed by atoms with Crippen molar-refractivity contribution in [3.05, 3.63) is 59.1 Å². The Morgan fingerprint density at radius 3 is 2.87 bits per heavy atom. The molecule has 118 valence electrons. The maximum atomic E-state index is 13.0. The molecule has 1 N–H and O–H groups in total. The highest BCUT2D eigenvalue weighted by atomic mass is 35.5. The second-order valence-electron chi connectivity index (χ2n) is 4.97. The number of benzene rings is 2. The van der Waals surface area contributed by atoms with Gasteiger partial charge >= 0.3 is 0 Å². The largest absolute Gasteiger partial charge is 0.497 e. The second kappa shape index (κ2) is 6.30. The van der Waals surface area contributed by atoms with Crippen LogP contribution in [0.1, 0.15) is 5.56 Å². The van der Waals surface area contributed by atoms with E-state index in [4.69, 9.17) is 20.8 Å². The van der Waals surface area contributed by atoms with Gasteiger partial charge in [0.1, 0.15) is 17.1 Å². The van der Waals surface area contributed by atoms with Gasteiger partial charge in [-0.3, -0.25) is 4.79 Å². The van der Waals surface area contributed by atoms with Crippen molar-refractivity contribution in [2.45, 2.75) is 6.42 Å². The number of anilines is 1. The van der Waals surface area contributed by atoms with E-state index in [0.29, 0.717) is 17.0 Å². The van der Waals surface area contributed by atoms with Gasteiger partial charge in [0.25, 0.3) is 0 Å². The Hall–Kier alpha value is -2.53. The fraction of sp³-hybridized carbons (Fsp3) is 0.118. The quantitative estimate of drug-likeness (QED) is 0.769. The number of ether oxygens (including phenoxy) is 1. The molecule has 3 rings (SSSR count). The number of carbonyl (C=O) groups is 1. The van der Waals surface area contributed by atoms with Crippen molar-refractivity contribution in [3.8, 4) is 5.75 Å². The molecule has 1 aromatic heterocycles. The van der Waals surface area contributed by atoms with Crippen molar-refractivity contribution < 1.29 is 18.3 Å². The van der Waals surface area contributed by atoms with E-state index < -0.39 is 5.82 Å². The number of hydrogen-bond donors (Lipinski definition) is 1. The summed E-state index contributed by atoms with van der Waals surface area (Å²) in [6.07, 6.45) is 1.66. The molecular weight excluding hydrogens is 321 g/mol. The SMILES string of the molecule is COc1ccc2c(CC(=O)Nc3ccc(F)cc3Cl)coc2c1. The zero-order valence-corrected chi connectivity index (χ0v) is 13.0. The first-order valence-electron chi connectivity index (χ1n) is 6.86. The summed E-state index contributed by atoms with van der Waals surface area (Å²) in [4.78, 5) is 12.2. The van der Waals surface area contributed by atoms with Crippen LogP contribution in [0.25, 0.3) is 11.0 Å². The summed E-state index contributed by atoms with van der Waals surface area (Å²) in [7, 11) is 1.57. The first kappa shape index (κ1) is 15.4. The zero-order valence-electron chi connectivity index (χ0n) is 12.2. The molecular formula is C17H13ClFNO3. The Labute approximate surface area is 136 Å². The first-order valence-corrected chi connectivity index (χ1v) is 7.23. The molecule has 0 saturated heterocycles. The predicted octanol–water partition coefficient (Wildman–Crippen LogP) is 4.42. The summed E-state index contributed by atoms with van der Waals surface area (Å²) < 4.78 is 23.6. The van der Waals surface area contributed by atoms with Crippen LogP contribution in [0.4, 0.5) is 10.1 Å². The smallest absolute Gasteiger partial charge is 0.228 e. The number of halogens is 2. The van der Waals surface area contributed by atoms with E-state index >= 15 is 0 Å². The van der Waals surface area contributed by atoms with Gasteiger partial charge in [-0.25, -0.2) is 4.39 Å². The van der Waals surface area contributed by atoms with Crippen molar-refractivity contribution in [1.29, 1.82) is 0 Å². The highest BCUT2D eigenvalue weighted by Crippen LogP contribution is 2.27. The molecule has 6 heteroatoms. The molecule has 0 atom stereocenters. The highest BCUT2D eigenvalue weighted by Gasteiger charge is 2.12. The summed E-state index contributed by atoms with van der Waals surface area (Å²) in [6, 6.07) is 9.21. The van der Waals surface area contributed by atoms with Gasteiger partial charge in [0.05, 0.1) is 30.5 Å². The van der Waals surface area contributed by atoms with Crippen LogP contribution in [-0.4, -0.2) is 13.0 Å². The number of methoxy groups -OCH3 is 1. The molecule has 0 radical (unpaired) electrons. The van der Waals surface area contributed by atoms with E-state index in [1.165, 1.54) is 18.4 Å². The lowest BCUT2D eigenvalue weighted by Gasteiger charge is -2.06. The summed E-state index contributed by atoms with van der Waals surface area (Å²) in [5, 5.41) is 3.65. The van der Waals surface area contributed by atoms with Crippen molar-refractivity contribution in [3.63, 3.8) is 0 Å². The Morgan fingerprint density at radius 1 is 1.30 bits per heavy atom. The van der Waals surface area contributed by atoms with E-state index in [-0.39, 0.29) is 17.4 Å². The number of amides is 1. The fourth-order valence-corrected chi connectivity index (χ4v) is 2.50. The lowest BCUT2D eigenvalue weighted by Crippen LogP contribution is -2.14. The fourth-order valence-electron chi connectivity index (χ4n) is 2.29. The molecule has 0 fully saturated rings. The van der Waals surface area contributed by atoms with Gasteiger partial charge in [-0.2, -0.15) is 0 Å². The summed E-state index contributed by atoms with van der Waals surface area (Å²) >= 11 is 5.90. The van der Waals surface area contributed by atoms with Crippen LogP contribution in [0.15, 0.2) is 47.1 Å². The standard InChI is InChI=1S/C17H13ClFNO3/c1-22-12-3-4-13-10(9-23-16(13)8-12)6-17(21)20-15-5-2-11(19)7-14(15)18/h2-5,7-9H,6H2,1H3,(H,20,21). The Morgan fingerprint density at radius 2 is 2.13 bits per heavy atom. The monoisotopic (exact) mass is 333 g/mol. The van der Waals surface area contributed by atoms with Crippen LogP contribution < -0.4 is 10.1 Å². The van der Waals surface area contributed by atoms with Gasteiger partial charge < -0.3 is 14.5 Å². The number of furan rings is 1. The van der Waals surface area contributed by atoms with Crippen LogP contribution >= 0.6 is 11.6 Å². The molecule has 0 aliphatic rings. The Bertz CT molecular complexity index is 875. The topological polar surface area (TPSA) is 51.5 Å². The minimum atomic E-state index is -0.456. The Kier molecular flexibility index (Phi) is 4.21. The van der Waals surface area contributed by atoms with Crippen molar-refractivity contribution in [2.24, 2.45) is 0 Å². The molecule has 4 nitrogen and oxygen atoms in total. The predicted molar refractivity (Wildman–Crippen MR) is 86.5 cm³/mol. The molecule has 0 aliphatic heterocycles. The molecule has 2 aromatic carbocycles. The van der Waals surface area contributed by atoms with E-state index in [1.807, 2.05) is 6.07 Å². The average molecular weight is 334 g/mol. The van der Waals surface area contributed by atoms with Crippen molar-refractivity contribution in [2.75, 3.05) is 12.4 Å². The number of nitrogens with one attached hydrogen (secondary N) is 1. The van der Waals surface area contributed by atoms with Gasteiger partial charge in [-0.1, -0.05) is 11.6 Å². The van der Waals surface area contributed by atoms with Gasteiger partial charge in [-0.05, 0) is 30.3 Å². The maximum absolute atomic E-state index is 13.0. The minimum Gasteiger partial charge on any atom is -0.497 e. The molecule has 3 aromatic rings. The molecule has 1 amide bonds. The zero-order chi connectivity index (χ0) is 16.4. The molecule has 0 unspecified atom stereocenters. The second-order valence-corrected chi connectivity index (χ2v) is 5.38. The van der Waals surface area contributed by atoms with E-state index in [1.54, 1.807) is 19.2 Å². The molecule has 0 bridgehead atoms. The summed E-state index contributed by atoms with van der Waals surface area (Å²) in [5.41, 5.74) is 1.76. The third kappa shape index (κ3) is 3.29. The van der Waals surface area contributed by atoms with Crippen LogP contribution in [0.2, 0.25) is 5.02 Å². The van der Waals surface area contributed by atoms with Crippen LogP contribution in [-0.2, 0) is 11.2 Å². The molecule has 0 aliphatic carbocycles. The van der Waals surface area contributed by atoms with E-state index in [0.717, 1.165) is 17.0 Å². The number of fused-ring (bicyclic) bond motifs is 1. The van der Waals surface area contributed by atoms with Gasteiger partial charge in [0.15, 0.2) is 0 Å². The number of rotatable bonds is 4. The van der Waals surface area contributed by atoms with Gasteiger partial charge in [0.2, 0.25) is 5.91 Å². The third-order valence-electron chi connectivity index (χ3n) is 3.42. The van der Waals surface area contributed by atoms with Crippen LogP contribution in [0, 0.1) is 5.82 Å². The summed E-state index contributed by atoms with van der Waals surface area (Å²) in [6.45, 7) is 0. The summed E-state index contributed by atoms with van der Waals surface area (Å²) in [5.74, 6) is -0.0410. The molecule has 0 saturated carbocycles. The maximum Gasteiger partial charge on any atom is 0.228 e. The van der Waals surface area contributed by atoms with Crippen molar-refractivity contribution in [1.82, 2.24) is 0 Å². The van der Waals surface area contributed by atoms with E-state index in [9.17, 15) is 9.18 Å². The molecule has 0 spiro atoms. The number of hydrogen-bond acceptors (Lipinski definition) is 3. The first-order chi connectivity index (χ1) is 11.1. The van der Waals surface area contributed by atoms with Crippen molar-refractivity contribution >= 4 is 34.2 Å². The molecule has 23 heavy (non-hydrogen) atoms. The highest BCUT2D eigenvalue weighted by molar-refractivity contribution is 6.33. The van der Waals surface area contributed by atoms with Crippen LogP contribution in [0.5, 0.6) is 5.75 Å². The third-order valence-corrected chi connectivity index (χ3v) is 3.73. The number of carbonyl (C=O) groups excluding carboxylic acids is 1. The minimum absolute atomic E-state index is 0.118. The van der Waals surface area contributed by atoms with Gasteiger partial charge in [0, 0.05) is 17.0 Å². The Balaban J connectivity index is 1.77. The lowest BCUT2D eigenvalue weighted by molar-refractivity contribution is -0.115.